The first-order valence-corrected chi connectivity index (χ1v) is 9.99. The molecule has 1 unspecified atom stereocenters. The van der Waals surface area contributed by atoms with Crippen molar-refractivity contribution in [3.8, 4) is 0 Å². The molecule has 1 aliphatic heterocycles. The molecule has 8 nitrogen and oxygen atoms in total. The molecule has 1 fully saturated rings. The highest BCUT2D eigenvalue weighted by Gasteiger charge is 2.26. The molecule has 0 bridgehead atoms. The second-order valence-corrected chi connectivity index (χ2v) is 7.72. The molecule has 0 spiro atoms. The molecular weight excluding hydrogens is 384 g/mol. The molecule has 1 atom stereocenters. The van der Waals surface area contributed by atoms with Crippen molar-refractivity contribution in [1.82, 2.24) is 10.2 Å². The highest BCUT2D eigenvalue weighted by molar-refractivity contribution is 5.95. The number of amides is 3. The summed E-state index contributed by atoms with van der Waals surface area (Å²) in [4.78, 5) is 37.4. The van der Waals surface area contributed by atoms with Crippen LogP contribution in [0.5, 0.6) is 0 Å². The number of nitro groups is 1. The van der Waals surface area contributed by atoms with Gasteiger partial charge in [-0.3, -0.25) is 14.9 Å². The van der Waals surface area contributed by atoms with E-state index in [1.807, 2.05) is 31.2 Å². The van der Waals surface area contributed by atoms with Crippen LogP contribution in [-0.4, -0.2) is 41.4 Å². The normalized spacial score (nSPS) is 16.1. The predicted molar refractivity (Wildman–Crippen MR) is 115 cm³/mol. The second kappa shape index (κ2) is 9.39. The average Bonchev–Trinajstić information content (AvgIpc) is 2.74. The standard InChI is InChI=1S/C22H26N4O4/c1-15-5-9-19(10-6-15)24-22(28)23-13-17-4-3-11-25(14-17)21(27)18-8-7-16(2)20(12-18)26(29)30/h5-10,12,17H,3-4,11,13-14H2,1-2H3,(H2,23,24,28). The molecule has 1 saturated heterocycles. The lowest BCUT2D eigenvalue weighted by atomic mass is 9.97. The van der Waals surface area contributed by atoms with Crippen molar-refractivity contribution < 1.29 is 14.5 Å². The van der Waals surface area contributed by atoms with Gasteiger partial charge in [0.25, 0.3) is 11.6 Å². The smallest absolute Gasteiger partial charge is 0.319 e. The first-order chi connectivity index (χ1) is 14.3. The summed E-state index contributed by atoms with van der Waals surface area (Å²) in [5, 5.41) is 16.8. The number of rotatable bonds is 5. The minimum atomic E-state index is -0.471. The maximum absolute atomic E-state index is 12.8. The van der Waals surface area contributed by atoms with Crippen LogP contribution in [0.1, 0.15) is 34.3 Å². The Kier molecular flexibility index (Phi) is 6.66. The van der Waals surface area contributed by atoms with Gasteiger partial charge in [-0.15, -0.1) is 0 Å². The van der Waals surface area contributed by atoms with E-state index in [9.17, 15) is 19.7 Å². The van der Waals surface area contributed by atoms with Gasteiger partial charge in [-0.1, -0.05) is 23.8 Å². The minimum Gasteiger partial charge on any atom is -0.338 e. The molecule has 2 N–H and O–H groups in total. The first kappa shape index (κ1) is 21.3. The molecule has 1 aliphatic rings. The molecule has 3 amide bonds. The van der Waals surface area contributed by atoms with E-state index in [0.717, 1.165) is 24.1 Å². The maximum atomic E-state index is 12.8. The van der Waals surface area contributed by atoms with E-state index in [1.54, 1.807) is 24.0 Å². The zero-order valence-electron chi connectivity index (χ0n) is 17.2. The number of hydrogen-bond acceptors (Lipinski definition) is 4. The summed E-state index contributed by atoms with van der Waals surface area (Å²) < 4.78 is 0. The Labute approximate surface area is 175 Å². The Morgan fingerprint density at radius 2 is 1.90 bits per heavy atom. The van der Waals surface area contributed by atoms with Crippen LogP contribution in [0.25, 0.3) is 0 Å². The van der Waals surface area contributed by atoms with Gasteiger partial charge >= 0.3 is 6.03 Å². The number of piperidine rings is 1. The molecule has 0 aromatic heterocycles. The third kappa shape index (κ3) is 5.34. The van der Waals surface area contributed by atoms with Crippen molar-refractivity contribution in [2.24, 2.45) is 5.92 Å². The highest BCUT2D eigenvalue weighted by Crippen LogP contribution is 2.23. The molecule has 0 saturated carbocycles. The molecule has 30 heavy (non-hydrogen) atoms. The van der Waals surface area contributed by atoms with Crippen molar-refractivity contribution in [2.75, 3.05) is 25.0 Å². The largest absolute Gasteiger partial charge is 0.338 e. The van der Waals surface area contributed by atoms with E-state index in [-0.39, 0.29) is 23.5 Å². The number of carbonyl (C=O) groups excluding carboxylic acids is 2. The van der Waals surface area contributed by atoms with Gasteiger partial charge in [0.2, 0.25) is 0 Å². The van der Waals surface area contributed by atoms with Crippen molar-refractivity contribution >= 4 is 23.3 Å². The number of anilines is 1. The molecule has 1 heterocycles. The van der Waals surface area contributed by atoms with Crippen molar-refractivity contribution in [1.29, 1.82) is 0 Å². The molecule has 8 heteroatoms. The summed E-state index contributed by atoms with van der Waals surface area (Å²) in [6, 6.07) is 11.8. The number of nitrogens with one attached hydrogen (secondary N) is 2. The number of nitrogens with zero attached hydrogens (tertiary/aromatic N) is 2. The van der Waals surface area contributed by atoms with Crippen LogP contribution in [0.2, 0.25) is 0 Å². The van der Waals surface area contributed by atoms with E-state index in [2.05, 4.69) is 10.6 Å². The fourth-order valence-electron chi connectivity index (χ4n) is 3.59. The fourth-order valence-corrected chi connectivity index (χ4v) is 3.59. The zero-order chi connectivity index (χ0) is 21.7. The molecule has 2 aromatic rings. The van der Waals surface area contributed by atoms with E-state index in [0.29, 0.717) is 30.8 Å². The van der Waals surface area contributed by atoms with Crippen LogP contribution < -0.4 is 10.6 Å². The number of urea groups is 1. The summed E-state index contributed by atoms with van der Waals surface area (Å²) in [5.74, 6) is -0.0844. The lowest BCUT2D eigenvalue weighted by Crippen LogP contribution is -2.44. The van der Waals surface area contributed by atoms with Crippen LogP contribution in [-0.2, 0) is 0 Å². The number of hydrogen-bond donors (Lipinski definition) is 2. The van der Waals surface area contributed by atoms with Crippen molar-refractivity contribution in [3.05, 3.63) is 69.3 Å². The molecule has 0 aliphatic carbocycles. The lowest BCUT2D eigenvalue weighted by Gasteiger charge is -2.33. The predicted octanol–water partition coefficient (Wildman–Crippen LogP) is 3.89. The Balaban J connectivity index is 1.55. The quantitative estimate of drug-likeness (QED) is 0.576. The average molecular weight is 410 g/mol. The van der Waals surface area contributed by atoms with Gasteiger partial charge in [-0.2, -0.15) is 0 Å². The minimum absolute atomic E-state index is 0.0520. The van der Waals surface area contributed by atoms with E-state index in [1.165, 1.54) is 6.07 Å². The van der Waals surface area contributed by atoms with Crippen LogP contribution in [0.3, 0.4) is 0 Å². The maximum Gasteiger partial charge on any atom is 0.319 e. The van der Waals surface area contributed by atoms with Gasteiger partial charge in [0.1, 0.15) is 0 Å². The Morgan fingerprint density at radius 1 is 1.17 bits per heavy atom. The van der Waals surface area contributed by atoms with Crippen LogP contribution in [0.15, 0.2) is 42.5 Å². The molecular formula is C22H26N4O4. The van der Waals surface area contributed by atoms with Gasteiger partial charge < -0.3 is 15.5 Å². The van der Waals surface area contributed by atoms with Crippen LogP contribution in [0.4, 0.5) is 16.2 Å². The SMILES string of the molecule is Cc1ccc(NC(=O)NCC2CCCN(C(=O)c3ccc(C)c([N+](=O)[O-])c3)C2)cc1. The Hall–Kier alpha value is -3.42. The summed E-state index contributed by atoms with van der Waals surface area (Å²) in [7, 11) is 0. The number of carbonyl (C=O) groups is 2. The Morgan fingerprint density at radius 3 is 2.60 bits per heavy atom. The lowest BCUT2D eigenvalue weighted by molar-refractivity contribution is -0.385. The Bertz CT molecular complexity index is 943. The van der Waals surface area contributed by atoms with Gasteiger partial charge in [-0.25, -0.2) is 4.79 Å². The van der Waals surface area contributed by atoms with Gasteiger partial charge in [0.15, 0.2) is 0 Å². The summed E-state index contributed by atoms with van der Waals surface area (Å²) in [6.45, 7) is 5.19. The van der Waals surface area contributed by atoms with Crippen molar-refractivity contribution in [2.45, 2.75) is 26.7 Å². The van der Waals surface area contributed by atoms with Crippen LogP contribution in [0, 0.1) is 29.9 Å². The van der Waals surface area contributed by atoms with E-state index >= 15 is 0 Å². The number of aryl methyl sites for hydroxylation is 2. The molecule has 0 radical (unpaired) electrons. The first-order valence-electron chi connectivity index (χ1n) is 9.99. The topological polar surface area (TPSA) is 105 Å². The van der Waals surface area contributed by atoms with E-state index < -0.39 is 4.92 Å². The van der Waals surface area contributed by atoms with Gasteiger partial charge in [0, 0.05) is 42.5 Å². The van der Waals surface area contributed by atoms with Crippen molar-refractivity contribution in [3.63, 3.8) is 0 Å². The molecule has 158 valence electrons. The number of nitro benzene ring substituents is 1. The summed E-state index contributed by atoms with van der Waals surface area (Å²) >= 11 is 0. The number of benzene rings is 2. The number of likely N-dealkylation sites (tertiary alicyclic amines) is 1. The zero-order valence-corrected chi connectivity index (χ0v) is 17.2. The monoisotopic (exact) mass is 410 g/mol. The molecule has 3 rings (SSSR count). The molecule has 2 aromatic carbocycles. The van der Waals surface area contributed by atoms with E-state index in [4.69, 9.17) is 0 Å². The van der Waals surface area contributed by atoms with Gasteiger partial charge in [0.05, 0.1) is 4.92 Å². The second-order valence-electron chi connectivity index (χ2n) is 7.72. The highest BCUT2D eigenvalue weighted by atomic mass is 16.6. The summed E-state index contributed by atoms with van der Waals surface area (Å²) in [6.07, 6.45) is 1.73. The third-order valence-electron chi connectivity index (χ3n) is 5.32. The fraction of sp³-hybridized carbons (Fsp3) is 0.364. The summed E-state index contributed by atoms with van der Waals surface area (Å²) in [5.41, 5.74) is 2.63. The third-order valence-corrected chi connectivity index (χ3v) is 5.32. The van der Waals surface area contributed by atoms with Gasteiger partial charge in [-0.05, 0) is 50.8 Å². The van der Waals surface area contributed by atoms with Crippen LogP contribution >= 0.6 is 0 Å².